The molecular weight excluding hydrogens is 570 g/mol. The van der Waals surface area contributed by atoms with Gasteiger partial charge in [0.1, 0.15) is 22.4 Å². The van der Waals surface area contributed by atoms with Crippen LogP contribution in [-0.2, 0) is 21.2 Å². The molecule has 43 heavy (non-hydrogen) atoms. The Kier molecular flexibility index (Phi) is 9.36. The molecule has 0 radical (unpaired) electrons. The Morgan fingerprint density at radius 1 is 0.977 bits per heavy atom. The van der Waals surface area contributed by atoms with E-state index in [2.05, 4.69) is 22.6 Å². The molecule has 5 rings (SSSR count). The van der Waals surface area contributed by atoms with Crippen LogP contribution < -0.4 is 10.1 Å². The Bertz CT molecular complexity index is 1500. The van der Waals surface area contributed by atoms with Crippen molar-refractivity contribution in [2.45, 2.75) is 51.0 Å². The van der Waals surface area contributed by atoms with Crippen molar-refractivity contribution in [3.63, 3.8) is 0 Å². The number of ether oxygens (including phenoxy) is 1. The zero-order valence-corrected chi connectivity index (χ0v) is 25.7. The summed E-state index contributed by atoms with van der Waals surface area (Å²) in [4.78, 5) is 30.6. The fourth-order valence-corrected chi connectivity index (χ4v) is 7.78. The van der Waals surface area contributed by atoms with Crippen LogP contribution in [0.3, 0.4) is 0 Å². The lowest BCUT2D eigenvalue weighted by atomic mass is 9.90. The molecule has 1 unspecified atom stereocenters. The summed E-state index contributed by atoms with van der Waals surface area (Å²) in [5, 5.41) is 6.69. The summed E-state index contributed by atoms with van der Waals surface area (Å²) in [6, 6.07) is 15.8. The zero-order chi connectivity index (χ0) is 30.6. The Morgan fingerprint density at radius 3 is 2.30 bits per heavy atom. The maximum absolute atomic E-state index is 14.0. The SMILES string of the molecule is CCOc1ccc(NC(=O)N2CCN(S(=O)(=O)c3c(C)noc3C)C(C(=O)N3CCC(Cc4ccccc4)CC3)C2)cc1. The minimum atomic E-state index is -4.13. The Balaban J connectivity index is 1.33. The van der Waals surface area contributed by atoms with E-state index < -0.39 is 22.1 Å². The van der Waals surface area contributed by atoms with Gasteiger partial charge in [-0.05, 0) is 75.8 Å². The second-order valence-electron chi connectivity index (χ2n) is 11.1. The van der Waals surface area contributed by atoms with Crippen molar-refractivity contribution in [2.24, 2.45) is 5.92 Å². The lowest BCUT2D eigenvalue weighted by molar-refractivity contribution is -0.138. The van der Waals surface area contributed by atoms with Gasteiger partial charge < -0.3 is 24.4 Å². The van der Waals surface area contributed by atoms with E-state index in [1.807, 2.05) is 25.1 Å². The van der Waals surface area contributed by atoms with Crippen molar-refractivity contribution in [3.05, 3.63) is 71.6 Å². The summed E-state index contributed by atoms with van der Waals surface area (Å²) < 4.78 is 39.7. The third-order valence-electron chi connectivity index (χ3n) is 8.15. The molecule has 2 fully saturated rings. The first kappa shape index (κ1) is 30.6. The van der Waals surface area contributed by atoms with Crippen LogP contribution in [0.15, 0.2) is 64.0 Å². The number of carbonyl (C=O) groups is 2. The minimum Gasteiger partial charge on any atom is -0.494 e. The Morgan fingerprint density at radius 2 is 1.67 bits per heavy atom. The Hall–Kier alpha value is -3.90. The molecule has 2 aromatic carbocycles. The van der Waals surface area contributed by atoms with E-state index >= 15 is 0 Å². The third-order valence-corrected chi connectivity index (χ3v) is 10.3. The van der Waals surface area contributed by atoms with Crippen LogP contribution in [0.2, 0.25) is 0 Å². The predicted octanol–water partition coefficient (Wildman–Crippen LogP) is 4.08. The van der Waals surface area contributed by atoms with Gasteiger partial charge in [-0.2, -0.15) is 4.31 Å². The molecule has 0 bridgehead atoms. The van der Waals surface area contributed by atoms with Gasteiger partial charge in [-0.1, -0.05) is 35.5 Å². The molecular formula is C31H39N5O6S. The van der Waals surface area contributed by atoms with Crippen LogP contribution in [0.25, 0.3) is 0 Å². The molecule has 3 aromatic rings. The zero-order valence-electron chi connectivity index (χ0n) is 24.9. The molecule has 2 aliphatic heterocycles. The number of carbonyl (C=O) groups excluding carboxylic acids is 2. The van der Waals surface area contributed by atoms with E-state index in [0.717, 1.165) is 19.3 Å². The van der Waals surface area contributed by atoms with Crippen molar-refractivity contribution in [3.8, 4) is 5.75 Å². The molecule has 1 atom stereocenters. The lowest BCUT2D eigenvalue weighted by Gasteiger charge is -2.42. The largest absolute Gasteiger partial charge is 0.494 e. The number of hydrogen-bond acceptors (Lipinski definition) is 7. The monoisotopic (exact) mass is 609 g/mol. The topological polar surface area (TPSA) is 125 Å². The van der Waals surface area contributed by atoms with Crippen LogP contribution in [0.4, 0.5) is 10.5 Å². The van der Waals surface area contributed by atoms with Gasteiger partial charge in [0.05, 0.1) is 6.61 Å². The number of hydrogen-bond donors (Lipinski definition) is 1. The number of amides is 3. The maximum atomic E-state index is 14.0. The van der Waals surface area contributed by atoms with Gasteiger partial charge in [0, 0.05) is 38.4 Å². The molecule has 2 saturated heterocycles. The third kappa shape index (κ3) is 6.86. The number of aryl methyl sites for hydroxylation is 2. The maximum Gasteiger partial charge on any atom is 0.321 e. The first-order valence-corrected chi connectivity index (χ1v) is 16.2. The average Bonchev–Trinajstić information content (AvgIpc) is 3.36. The number of sulfonamides is 1. The van der Waals surface area contributed by atoms with Crippen molar-refractivity contribution in [2.75, 3.05) is 44.6 Å². The fraction of sp³-hybridized carbons (Fsp3) is 0.452. The number of benzene rings is 2. The minimum absolute atomic E-state index is 0.0286. The molecule has 0 spiro atoms. The van der Waals surface area contributed by atoms with E-state index in [0.29, 0.717) is 37.1 Å². The van der Waals surface area contributed by atoms with E-state index in [1.165, 1.54) is 14.8 Å². The molecule has 0 saturated carbocycles. The number of nitrogens with one attached hydrogen (secondary N) is 1. The molecule has 2 aliphatic rings. The molecule has 230 valence electrons. The molecule has 0 aliphatic carbocycles. The average molecular weight is 610 g/mol. The van der Waals surface area contributed by atoms with E-state index in [-0.39, 0.29) is 41.9 Å². The molecule has 11 nitrogen and oxygen atoms in total. The van der Waals surface area contributed by atoms with Crippen molar-refractivity contribution >= 4 is 27.6 Å². The van der Waals surface area contributed by atoms with Gasteiger partial charge in [0.25, 0.3) is 0 Å². The highest BCUT2D eigenvalue weighted by atomic mass is 32.2. The first-order valence-electron chi connectivity index (χ1n) is 14.7. The molecule has 12 heteroatoms. The summed E-state index contributed by atoms with van der Waals surface area (Å²) in [6.45, 7) is 6.61. The van der Waals surface area contributed by atoms with Gasteiger partial charge in [0.2, 0.25) is 15.9 Å². The smallest absolute Gasteiger partial charge is 0.321 e. The Labute approximate surface area is 252 Å². The quantitative estimate of drug-likeness (QED) is 0.408. The van der Waals surface area contributed by atoms with Gasteiger partial charge in [-0.15, -0.1) is 0 Å². The van der Waals surface area contributed by atoms with Gasteiger partial charge in [-0.3, -0.25) is 4.79 Å². The van der Waals surface area contributed by atoms with E-state index in [9.17, 15) is 18.0 Å². The molecule has 1 aromatic heterocycles. The highest BCUT2D eigenvalue weighted by Crippen LogP contribution is 2.29. The van der Waals surface area contributed by atoms with Gasteiger partial charge in [0.15, 0.2) is 5.76 Å². The lowest BCUT2D eigenvalue weighted by Crippen LogP contribution is -2.62. The number of likely N-dealkylation sites (tertiary alicyclic amines) is 1. The highest BCUT2D eigenvalue weighted by molar-refractivity contribution is 7.89. The number of urea groups is 1. The van der Waals surface area contributed by atoms with E-state index in [4.69, 9.17) is 9.26 Å². The number of rotatable bonds is 8. The number of aromatic nitrogens is 1. The van der Waals surface area contributed by atoms with Crippen LogP contribution in [0, 0.1) is 19.8 Å². The molecule has 3 heterocycles. The van der Waals surface area contributed by atoms with E-state index in [1.54, 1.807) is 43.0 Å². The predicted molar refractivity (Wildman–Crippen MR) is 161 cm³/mol. The normalized spacial score (nSPS) is 18.4. The first-order chi connectivity index (χ1) is 20.7. The molecule has 3 amide bonds. The fourth-order valence-electron chi connectivity index (χ4n) is 5.92. The second-order valence-corrected chi connectivity index (χ2v) is 12.9. The standard InChI is InChI=1S/C31H39N5O6S/c1-4-41-27-12-10-26(11-13-27)32-31(38)35-18-19-36(43(39,40)29-22(2)33-42-23(29)3)28(21-35)30(37)34-16-14-25(15-17-34)20-24-8-6-5-7-9-24/h5-13,25,28H,4,14-21H2,1-3H3,(H,32,38). The summed E-state index contributed by atoms with van der Waals surface area (Å²) in [7, 11) is -4.13. The number of anilines is 1. The van der Waals surface area contributed by atoms with Gasteiger partial charge >= 0.3 is 6.03 Å². The van der Waals surface area contributed by atoms with Crippen LogP contribution >= 0.6 is 0 Å². The molecule has 1 N–H and O–H groups in total. The second kappa shape index (κ2) is 13.2. The number of piperazine rings is 1. The van der Waals surface area contributed by atoms with Gasteiger partial charge in [-0.25, -0.2) is 13.2 Å². The van der Waals surface area contributed by atoms with Crippen molar-refractivity contribution in [1.82, 2.24) is 19.3 Å². The summed E-state index contributed by atoms with van der Waals surface area (Å²) >= 11 is 0. The number of piperidine rings is 1. The summed E-state index contributed by atoms with van der Waals surface area (Å²) in [5.41, 5.74) is 2.08. The van der Waals surface area contributed by atoms with Crippen LogP contribution in [0.1, 0.15) is 36.8 Å². The van der Waals surface area contributed by atoms with Crippen molar-refractivity contribution in [1.29, 1.82) is 0 Å². The number of nitrogens with zero attached hydrogens (tertiary/aromatic N) is 4. The highest BCUT2D eigenvalue weighted by Gasteiger charge is 2.45. The summed E-state index contributed by atoms with van der Waals surface area (Å²) in [5.74, 6) is 1.00. The van der Waals surface area contributed by atoms with Crippen molar-refractivity contribution < 1.29 is 27.3 Å². The summed E-state index contributed by atoms with van der Waals surface area (Å²) in [6.07, 6.45) is 2.59. The van der Waals surface area contributed by atoms with Crippen LogP contribution in [0.5, 0.6) is 5.75 Å². The van der Waals surface area contributed by atoms with Crippen LogP contribution in [-0.4, -0.2) is 85.0 Å².